The summed E-state index contributed by atoms with van der Waals surface area (Å²) in [5.74, 6) is 0.402. The fourth-order valence-corrected chi connectivity index (χ4v) is 0.731. The molecule has 2 aromatic heterocycles. The predicted molar refractivity (Wildman–Crippen MR) is 34.9 cm³/mol. The van der Waals surface area contributed by atoms with E-state index in [1.807, 2.05) is 0 Å². The zero-order chi connectivity index (χ0) is 6.97. The molecule has 0 atom stereocenters. The number of nitrogen functional groups attached to an aromatic ring is 1. The Bertz CT molecular complexity index is 352. The van der Waals surface area contributed by atoms with Crippen LogP contribution < -0.4 is 5.73 Å². The fraction of sp³-hybridized carbons (Fsp3) is 0. The maximum Gasteiger partial charge on any atom is 0.152 e. The van der Waals surface area contributed by atoms with Gasteiger partial charge in [-0.05, 0) is 0 Å². The van der Waals surface area contributed by atoms with E-state index in [1.165, 1.54) is 6.33 Å². The second kappa shape index (κ2) is 1.66. The Labute approximate surface area is 56.3 Å². The third-order valence-corrected chi connectivity index (χ3v) is 1.21. The minimum Gasteiger partial charge on any atom is -0.382 e. The van der Waals surface area contributed by atoms with Gasteiger partial charge in [0.2, 0.25) is 0 Å². The van der Waals surface area contributed by atoms with Gasteiger partial charge >= 0.3 is 0 Å². The molecule has 0 unspecified atom stereocenters. The number of aromatic amines is 1. The van der Waals surface area contributed by atoms with Gasteiger partial charge in [0.05, 0.1) is 0 Å². The maximum atomic E-state index is 5.46. The Morgan fingerprint density at radius 2 is 2.40 bits per heavy atom. The Morgan fingerprint density at radius 3 is 3.20 bits per heavy atom. The highest BCUT2D eigenvalue weighted by atomic mass is 15.1. The highest BCUT2D eigenvalue weighted by Gasteiger charge is 1.99. The van der Waals surface area contributed by atoms with Crippen molar-refractivity contribution in [2.45, 2.75) is 0 Å². The predicted octanol–water partition coefficient (Wildman–Crippen LogP) is -0.265. The van der Waals surface area contributed by atoms with Crippen molar-refractivity contribution in [3.63, 3.8) is 0 Å². The van der Waals surface area contributed by atoms with Crippen LogP contribution in [0, 0.1) is 6.20 Å². The summed E-state index contributed by atoms with van der Waals surface area (Å²) in [5, 5.41) is 6.26. The third kappa shape index (κ3) is 0.540. The Morgan fingerprint density at radius 1 is 1.50 bits per heavy atom. The Balaban J connectivity index is 2.95. The second-order valence-electron chi connectivity index (χ2n) is 1.82. The van der Waals surface area contributed by atoms with Crippen LogP contribution in [0.15, 0.2) is 6.33 Å². The number of nitrogens with zero attached hydrogens (tertiary/aromatic N) is 3. The SMILES string of the molecule is Nc1ncnc2[c]n[nH]c12. The lowest BCUT2D eigenvalue weighted by Crippen LogP contribution is -1.91. The van der Waals surface area contributed by atoms with Gasteiger partial charge in [0, 0.05) is 0 Å². The first-order valence-corrected chi connectivity index (χ1v) is 2.70. The zero-order valence-electron chi connectivity index (χ0n) is 5.00. The van der Waals surface area contributed by atoms with Gasteiger partial charge in [-0.3, -0.25) is 5.10 Å². The number of nitrogens with one attached hydrogen (secondary N) is 1. The quantitative estimate of drug-likeness (QED) is 0.520. The first-order chi connectivity index (χ1) is 4.88. The number of hydrogen-bond donors (Lipinski definition) is 2. The standard InChI is InChI=1S/C5H4N5/c6-5-4-3(1-9-10-4)7-2-8-5/h2H,(H,9,10)(H2,6,7,8). The molecule has 0 spiro atoms. The molecule has 0 amide bonds. The molecule has 2 aromatic rings. The second-order valence-corrected chi connectivity index (χ2v) is 1.82. The molecule has 3 N–H and O–H groups in total. The van der Waals surface area contributed by atoms with Gasteiger partial charge in [0.15, 0.2) is 5.82 Å². The molecule has 2 heterocycles. The number of aromatic nitrogens is 4. The van der Waals surface area contributed by atoms with Crippen LogP contribution in [-0.2, 0) is 0 Å². The van der Waals surface area contributed by atoms with Crippen molar-refractivity contribution in [2.75, 3.05) is 5.73 Å². The number of anilines is 1. The Hall–Kier alpha value is -1.65. The fourth-order valence-electron chi connectivity index (χ4n) is 0.731. The largest absolute Gasteiger partial charge is 0.382 e. The zero-order valence-corrected chi connectivity index (χ0v) is 5.00. The van der Waals surface area contributed by atoms with E-state index >= 15 is 0 Å². The summed E-state index contributed by atoms with van der Waals surface area (Å²) in [4.78, 5) is 7.62. The van der Waals surface area contributed by atoms with Crippen LogP contribution in [0.25, 0.3) is 11.0 Å². The van der Waals surface area contributed by atoms with Gasteiger partial charge in [-0.25, -0.2) is 9.97 Å². The third-order valence-electron chi connectivity index (χ3n) is 1.21. The molecule has 0 aliphatic heterocycles. The molecule has 0 bridgehead atoms. The molecule has 0 aliphatic carbocycles. The van der Waals surface area contributed by atoms with Crippen molar-refractivity contribution >= 4 is 16.9 Å². The van der Waals surface area contributed by atoms with Gasteiger partial charge < -0.3 is 5.73 Å². The lowest BCUT2D eigenvalue weighted by Gasteiger charge is -1.89. The molecule has 5 heteroatoms. The van der Waals surface area contributed by atoms with Gasteiger partial charge in [0.25, 0.3) is 0 Å². The number of nitrogens with two attached hydrogens (primary N) is 1. The lowest BCUT2D eigenvalue weighted by molar-refractivity contribution is 1.11. The van der Waals surface area contributed by atoms with Gasteiger partial charge in [-0.15, -0.1) is 0 Å². The molecule has 0 aromatic carbocycles. The first kappa shape index (κ1) is 5.16. The highest BCUT2D eigenvalue weighted by molar-refractivity contribution is 5.82. The van der Waals surface area contributed by atoms with E-state index in [0.717, 1.165) is 0 Å². The van der Waals surface area contributed by atoms with Crippen LogP contribution in [-0.4, -0.2) is 20.2 Å². The molecule has 0 saturated heterocycles. The van der Waals surface area contributed by atoms with Crippen molar-refractivity contribution in [3.8, 4) is 0 Å². The van der Waals surface area contributed by atoms with E-state index in [4.69, 9.17) is 5.73 Å². The van der Waals surface area contributed by atoms with E-state index < -0.39 is 0 Å². The Kier molecular flexibility index (Phi) is 0.858. The highest BCUT2D eigenvalue weighted by Crippen LogP contribution is 2.09. The molecule has 0 saturated carbocycles. The maximum absolute atomic E-state index is 5.46. The molecule has 0 fully saturated rings. The molecule has 1 radical (unpaired) electrons. The smallest absolute Gasteiger partial charge is 0.152 e. The number of rotatable bonds is 0. The first-order valence-electron chi connectivity index (χ1n) is 2.70. The minimum atomic E-state index is 0.402. The van der Waals surface area contributed by atoms with Crippen LogP contribution in [0.1, 0.15) is 0 Å². The van der Waals surface area contributed by atoms with Gasteiger partial charge in [-0.1, -0.05) is 0 Å². The summed E-state index contributed by atoms with van der Waals surface area (Å²) >= 11 is 0. The van der Waals surface area contributed by atoms with Gasteiger partial charge in [0.1, 0.15) is 23.6 Å². The summed E-state index contributed by atoms with van der Waals surface area (Å²) in [7, 11) is 0. The summed E-state index contributed by atoms with van der Waals surface area (Å²) in [6.45, 7) is 0. The number of H-pyrrole nitrogens is 1. The van der Waals surface area contributed by atoms with E-state index in [0.29, 0.717) is 16.9 Å². The molecular formula is C5H4N5. The van der Waals surface area contributed by atoms with E-state index in [9.17, 15) is 0 Å². The molecule has 2 rings (SSSR count). The molecule has 0 aliphatic rings. The summed E-state index contributed by atoms with van der Waals surface area (Å²) in [5.41, 5.74) is 6.72. The van der Waals surface area contributed by atoms with Crippen molar-refractivity contribution in [3.05, 3.63) is 12.5 Å². The summed E-state index contributed by atoms with van der Waals surface area (Å²) in [6, 6.07) is 0. The summed E-state index contributed by atoms with van der Waals surface area (Å²) in [6.07, 6.45) is 4.00. The number of fused-ring (bicyclic) bond motifs is 1. The lowest BCUT2D eigenvalue weighted by atomic mass is 10.4. The molecule has 10 heavy (non-hydrogen) atoms. The minimum absolute atomic E-state index is 0.402. The van der Waals surface area contributed by atoms with Crippen LogP contribution >= 0.6 is 0 Å². The van der Waals surface area contributed by atoms with Gasteiger partial charge in [-0.2, -0.15) is 5.10 Å². The molecule has 49 valence electrons. The monoisotopic (exact) mass is 134 g/mol. The number of hydrogen-bond acceptors (Lipinski definition) is 4. The molecule has 5 nitrogen and oxygen atoms in total. The van der Waals surface area contributed by atoms with Crippen LogP contribution in [0.4, 0.5) is 5.82 Å². The average Bonchev–Trinajstić information content (AvgIpc) is 2.36. The normalized spacial score (nSPS) is 10.4. The average molecular weight is 134 g/mol. The van der Waals surface area contributed by atoms with Crippen molar-refractivity contribution in [1.82, 2.24) is 20.2 Å². The van der Waals surface area contributed by atoms with Crippen molar-refractivity contribution in [2.24, 2.45) is 0 Å². The van der Waals surface area contributed by atoms with Crippen LogP contribution in [0.3, 0.4) is 0 Å². The van der Waals surface area contributed by atoms with E-state index in [1.54, 1.807) is 0 Å². The van der Waals surface area contributed by atoms with Crippen molar-refractivity contribution in [1.29, 1.82) is 0 Å². The van der Waals surface area contributed by atoms with E-state index in [2.05, 4.69) is 26.4 Å². The summed E-state index contributed by atoms with van der Waals surface area (Å²) < 4.78 is 0. The van der Waals surface area contributed by atoms with Crippen LogP contribution in [0.5, 0.6) is 0 Å². The van der Waals surface area contributed by atoms with Crippen molar-refractivity contribution < 1.29 is 0 Å². The topological polar surface area (TPSA) is 80.5 Å². The van der Waals surface area contributed by atoms with E-state index in [-0.39, 0.29) is 0 Å². The molecular weight excluding hydrogens is 130 g/mol. The van der Waals surface area contributed by atoms with Crippen LogP contribution in [0.2, 0.25) is 0 Å².